The summed E-state index contributed by atoms with van der Waals surface area (Å²) >= 11 is 6.22. The van der Waals surface area contributed by atoms with Crippen LogP contribution in [0.2, 0.25) is 5.02 Å². The smallest absolute Gasteiger partial charge is 0.191 e. The van der Waals surface area contributed by atoms with Crippen molar-refractivity contribution >= 4 is 17.6 Å². The number of morpholine rings is 1. The minimum Gasteiger partial charge on any atom is -0.495 e. The molecule has 2 aromatic rings. The Morgan fingerprint density at radius 2 is 2.03 bits per heavy atom. The summed E-state index contributed by atoms with van der Waals surface area (Å²) in [4.78, 5) is 7.10. The molecule has 1 aliphatic heterocycles. The number of ether oxygens (including phenoxy) is 2. The highest BCUT2D eigenvalue weighted by atomic mass is 35.5. The Labute approximate surface area is 177 Å². The molecule has 0 saturated carbocycles. The van der Waals surface area contributed by atoms with Crippen LogP contribution in [0.3, 0.4) is 0 Å². The molecule has 8 heteroatoms. The van der Waals surface area contributed by atoms with Gasteiger partial charge >= 0.3 is 0 Å². The maximum Gasteiger partial charge on any atom is 0.191 e. The summed E-state index contributed by atoms with van der Waals surface area (Å²) in [5, 5.41) is 7.39. The van der Waals surface area contributed by atoms with Gasteiger partial charge in [0.25, 0.3) is 0 Å². The molecule has 0 bridgehead atoms. The second kappa shape index (κ2) is 11.7. The number of aliphatic imine (C=N–C) groups is 1. The lowest BCUT2D eigenvalue weighted by Gasteiger charge is -2.26. The van der Waals surface area contributed by atoms with E-state index in [9.17, 15) is 0 Å². The summed E-state index contributed by atoms with van der Waals surface area (Å²) in [6, 6.07) is 9.60. The first kappa shape index (κ1) is 21.5. The molecule has 1 saturated heterocycles. The van der Waals surface area contributed by atoms with Crippen molar-refractivity contribution in [3.05, 3.63) is 52.9 Å². The van der Waals surface area contributed by atoms with Gasteiger partial charge in [-0.2, -0.15) is 0 Å². The lowest BCUT2D eigenvalue weighted by molar-refractivity contribution is 0.0389. The molecule has 29 heavy (non-hydrogen) atoms. The second-order valence-electron chi connectivity index (χ2n) is 6.77. The fourth-order valence-corrected chi connectivity index (χ4v) is 3.35. The Bertz CT molecular complexity index is 761. The predicted molar refractivity (Wildman–Crippen MR) is 115 cm³/mol. The standard InChI is InChI=1S/C21H29ClN4O3/c1-27-20-5-4-17(15-19(20)22)16-25-21(23-7-6-18-3-2-12-29-18)24-8-9-26-10-13-28-14-11-26/h2-5,12,15H,6-11,13-14,16H2,1H3,(H2,23,24,25). The number of furan rings is 1. The van der Waals surface area contributed by atoms with Crippen molar-refractivity contribution in [2.45, 2.75) is 13.0 Å². The molecule has 0 aliphatic carbocycles. The van der Waals surface area contributed by atoms with Gasteiger partial charge in [-0.1, -0.05) is 17.7 Å². The van der Waals surface area contributed by atoms with Crippen LogP contribution in [0.5, 0.6) is 5.75 Å². The summed E-state index contributed by atoms with van der Waals surface area (Å²) in [6.45, 7) is 6.60. The molecule has 0 amide bonds. The predicted octanol–water partition coefficient (Wildman–Crippen LogP) is 2.55. The Morgan fingerprint density at radius 3 is 2.76 bits per heavy atom. The van der Waals surface area contributed by atoms with Gasteiger partial charge in [-0.3, -0.25) is 4.90 Å². The fourth-order valence-electron chi connectivity index (χ4n) is 3.07. The minimum absolute atomic E-state index is 0.525. The first-order valence-corrected chi connectivity index (χ1v) is 10.3. The van der Waals surface area contributed by atoms with Crippen LogP contribution in [-0.4, -0.2) is 63.9 Å². The topological polar surface area (TPSA) is 71.3 Å². The molecular formula is C21H29ClN4O3. The van der Waals surface area contributed by atoms with Gasteiger partial charge in [0.05, 0.1) is 38.2 Å². The van der Waals surface area contributed by atoms with Crippen LogP contribution in [0.25, 0.3) is 0 Å². The fraction of sp³-hybridized carbons (Fsp3) is 0.476. The highest BCUT2D eigenvalue weighted by Gasteiger charge is 2.10. The number of guanidine groups is 1. The van der Waals surface area contributed by atoms with Crippen LogP contribution in [0.4, 0.5) is 0 Å². The van der Waals surface area contributed by atoms with Crippen molar-refractivity contribution in [1.82, 2.24) is 15.5 Å². The molecule has 158 valence electrons. The minimum atomic E-state index is 0.525. The first-order valence-electron chi connectivity index (χ1n) is 9.91. The van der Waals surface area contributed by atoms with E-state index in [2.05, 4.69) is 15.5 Å². The van der Waals surface area contributed by atoms with E-state index in [1.54, 1.807) is 13.4 Å². The number of hydrogen-bond donors (Lipinski definition) is 2. The molecule has 0 spiro atoms. The molecule has 0 atom stereocenters. The highest BCUT2D eigenvalue weighted by Crippen LogP contribution is 2.25. The third-order valence-corrected chi connectivity index (χ3v) is 5.00. The molecule has 7 nitrogen and oxygen atoms in total. The Balaban J connectivity index is 1.54. The first-order chi connectivity index (χ1) is 14.2. The third kappa shape index (κ3) is 7.27. The van der Waals surface area contributed by atoms with Crippen molar-refractivity contribution < 1.29 is 13.9 Å². The van der Waals surface area contributed by atoms with Crippen LogP contribution < -0.4 is 15.4 Å². The van der Waals surface area contributed by atoms with Crippen LogP contribution in [0, 0.1) is 0 Å². The van der Waals surface area contributed by atoms with E-state index in [0.717, 1.165) is 69.6 Å². The third-order valence-electron chi connectivity index (χ3n) is 4.70. The van der Waals surface area contributed by atoms with Crippen LogP contribution in [-0.2, 0) is 17.7 Å². The summed E-state index contributed by atoms with van der Waals surface area (Å²) in [5.41, 5.74) is 1.02. The lowest BCUT2D eigenvalue weighted by atomic mass is 10.2. The number of nitrogens with zero attached hydrogens (tertiary/aromatic N) is 2. The van der Waals surface area contributed by atoms with E-state index in [1.807, 2.05) is 30.3 Å². The molecule has 1 aromatic heterocycles. The number of nitrogens with one attached hydrogen (secondary N) is 2. The Kier molecular flexibility index (Phi) is 8.67. The molecule has 1 aromatic carbocycles. The zero-order valence-corrected chi connectivity index (χ0v) is 17.6. The van der Waals surface area contributed by atoms with Crippen molar-refractivity contribution in [2.75, 3.05) is 53.0 Å². The number of benzene rings is 1. The van der Waals surface area contributed by atoms with E-state index in [4.69, 9.17) is 30.5 Å². The largest absolute Gasteiger partial charge is 0.495 e. The van der Waals surface area contributed by atoms with E-state index in [-0.39, 0.29) is 0 Å². The quantitative estimate of drug-likeness (QED) is 0.480. The molecule has 2 N–H and O–H groups in total. The van der Waals surface area contributed by atoms with Gasteiger partial charge in [-0.05, 0) is 29.8 Å². The molecular weight excluding hydrogens is 392 g/mol. The molecule has 2 heterocycles. The van der Waals surface area contributed by atoms with E-state index < -0.39 is 0 Å². The van der Waals surface area contributed by atoms with Gasteiger partial charge in [-0.15, -0.1) is 0 Å². The molecule has 1 aliphatic rings. The molecule has 0 unspecified atom stereocenters. The Morgan fingerprint density at radius 1 is 1.21 bits per heavy atom. The van der Waals surface area contributed by atoms with Gasteiger partial charge in [-0.25, -0.2) is 4.99 Å². The summed E-state index contributed by atoms with van der Waals surface area (Å²) < 4.78 is 16.0. The monoisotopic (exact) mass is 420 g/mol. The molecule has 1 fully saturated rings. The summed E-state index contributed by atoms with van der Waals surface area (Å²) in [6.07, 6.45) is 2.49. The number of methoxy groups -OCH3 is 1. The lowest BCUT2D eigenvalue weighted by Crippen LogP contribution is -2.44. The highest BCUT2D eigenvalue weighted by molar-refractivity contribution is 6.32. The van der Waals surface area contributed by atoms with Gasteiger partial charge < -0.3 is 24.5 Å². The Hall–Kier alpha value is -2.22. The SMILES string of the molecule is COc1ccc(CN=C(NCCc2ccco2)NCCN2CCOCC2)cc1Cl. The zero-order valence-electron chi connectivity index (χ0n) is 16.8. The van der Waals surface area contributed by atoms with Gasteiger partial charge in [0.15, 0.2) is 5.96 Å². The van der Waals surface area contributed by atoms with Crippen LogP contribution in [0.1, 0.15) is 11.3 Å². The van der Waals surface area contributed by atoms with Crippen molar-refractivity contribution in [1.29, 1.82) is 0 Å². The number of halogens is 1. The van der Waals surface area contributed by atoms with Crippen LogP contribution >= 0.6 is 11.6 Å². The van der Waals surface area contributed by atoms with Crippen LogP contribution in [0.15, 0.2) is 46.0 Å². The van der Waals surface area contributed by atoms with Gasteiger partial charge in [0.2, 0.25) is 0 Å². The normalized spacial score (nSPS) is 15.3. The number of hydrogen-bond acceptors (Lipinski definition) is 5. The van der Waals surface area contributed by atoms with Crippen molar-refractivity contribution in [3.8, 4) is 5.75 Å². The maximum atomic E-state index is 6.22. The summed E-state index contributed by atoms with van der Waals surface area (Å²) in [7, 11) is 1.61. The average molecular weight is 421 g/mol. The molecule has 0 radical (unpaired) electrons. The van der Waals surface area contributed by atoms with Gasteiger partial charge in [0, 0.05) is 39.1 Å². The van der Waals surface area contributed by atoms with Crippen molar-refractivity contribution in [3.63, 3.8) is 0 Å². The summed E-state index contributed by atoms with van der Waals surface area (Å²) in [5.74, 6) is 2.39. The van der Waals surface area contributed by atoms with E-state index in [0.29, 0.717) is 17.3 Å². The van der Waals surface area contributed by atoms with E-state index >= 15 is 0 Å². The number of rotatable bonds is 9. The maximum absolute atomic E-state index is 6.22. The zero-order chi connectivity index (χ0) is 20.3. The molecule has 3 rings (SSSR count). The second-order valence-corrected chi connectivity index (χ2v) is 7.18. The van der Waals surface area contributed by atoms with Crippen molar-refractivity contribution in [2.24, 2.45) is 4.99 Å². The average Bonchev–Trinajstić information content (AvgIpc) is 3.26. The van der Waals surface area contributed by atoms with Gasteiger partial charge in [0.1, 0.15) is 11.5 Å². The van der Waals surface area contributed by atoms with E-state index in [1.165, 1.54) is 0 Å².